The highest BCUT2D eigenvalue weighted by Gasteiger charge is 2.14. The van der Waals surface area contributed by atoms with Gasteiger partial charge in [0.1, 0.15) is 23.9 Å². The summed E-state index contributed by atoms with van der Waals surface area (Å²) >= 11 is 0. The number of rotatable bonds is 7. The second-order valence-corrected chi connectivity index (χ2v) is 5.50. The van der Waals surface area contributed by atoms with Gasteiger partial charge in [-0.25, -0.2) is 4.39 Å². The van der Waals surface area contributed by atoms with Crippen LogP contribution in [0, 0.1) is 5.82 Å². The largest absolute Gasteiger partial charge is 0.497 e. The molecule has 128 valence electrons. The van der Waals surface area contributed by atoms with Crippen LogP contribution in [0.15, 0.2) is 42.5 Å². The Balaban J connectivity index is 1.94. The number of benzene rings is 2. The predicted octanol–water partition coefficient (Wildman–Crippen LogP) is 4.08. The molecule has 0 saturated heterocycles. The molecule has 0 spiro atoms. The smallest absolute Gasteiger partial charge is 0.306 e. The molecule has 2 rings (SSSR count). The third kappa shape index (κ3) is 4.72. The van der Waals surface area contributed by atoms with Crippen molar-refractivity contribution in [3.8, 4) is 11.5 Å². The monoisotopic (exact) mass is 332 g/mol. The molecule has 0 heterocycles. The predicted molar refractivity (Wildman–Crippen MR) is 88.8 cm³/mol. The Morgan fingerprint density at radius 1 is 1.08 bits per heavy atom. The summed E-state index contributed by atoms with van der Waals surface area (Å²) in [4.78, 5) is 12.1. The van der Waals surface area contributed by atoms with Crippen molar-refractivity contribution in [3.63, 3.8) is 0 Å². The lowest BCUT2D eigenvalue weighted by Crippen LogP contribution is -2.09. The Morgan fingerprint density at radius 2 is 1.79 bits per heavy atom. The average Bonchev–Trinajstić information content (AvgIpc) is 2.60. The van der Waals surface area contributed by atoms with Crippen molar-refractivity contribution in [3.05, 3.63) is 59.4 Å². The highest BCUT2D eigenvalue weighted by molar-refractivity contribution is 5.70. The Hall–Kier alpha value is -2.56. The minimum absolute atomic E-state index is 0.0506. The van der Waals surface area contributed by atoms with E-state index in [0.717, 1.165) is 11.1 Å². The van der Waals surface area contributed by atoms with E-state index >= 15 is 0 Å². The molecule has 2 aromatic rings. The minimum atomic E-state index is -0.323. The maximum Gasteiger partial charge on any atom is 0.306 e. The molecule has 0 bridgehead atoms. The first-order valence-electron chi connectivity index (χ1n) is 7.65. The summed E-state index contributed by atoms with van der Waals surface area (Å²) in [6.45, 7) is 2.01. The molecule has 1 atom stereocenters. The van der Waals surface area contributed by atoms with Gasteiger partial charge in [-0.3, -0.25) is 4.79 Å². The number of carbonyl (C=O) groups is 1. The van der Waals surface area contributed by atoms with Gasteiger partial charge >= 0.3 is 5.97 Å². The molecule has 1 unspecified atom stereocenters. The normalized spacial score (nSPS) is 11.7. The summed E-state index contributed by atoms with van der Waals surface area (Å²) in [5.41, 5.74) is 1.63. The fourth-order valence-corrected chi connectivity index (χ4v) is 2.37. The highest BCUT2D eigenvalue weighted by Crippen LogP contribution is 2.25. The van der Waals surface area contributed by atoms with Crippen molar-refractivity contribution in [1.82, 2.24) is 0 Å². The van der Waals surface area contributed by atoms with E-state index in [0.29, 0.717) is 11.5 Å². The summed E-state index contributed by atoms with van der Waals surface area (Å²) in [7, 11) is 3.13. The zero-order chi connectivity index (χ0) is 17.5. The Morgan fingerprint density at radius 3 is 2.42 bits per heavy atom. The topological polar surface area (TPSA) is 44.8 Å². The van der Waals surface area contributed by atoms with Crippen LogP contribution in [0.3, 0.4) is 0 Å². The zero-order valence-corrected chi connectivity index (χ0v) is 14.0. The van der Waals surface area contributed by atoms with Crippen LogP contribution in [-0.4, -0.2) is 20.2 Å². The first-order valence-corrected chi connectivity index (χ1v) is 7.65. The molecule has 0 fully saturated rings. The molecule has 2 aromatic carbocycles. The number of halogens is 1. The summed E-state index contributed by atoms with van der Waals surface area (Å²) in [6.07, 6.45) is 0.220. The second-order valence-electron chi connectivity index (χ2n) is 5.50. The van der Waals surface area contributed by atoms with Crippen LogP contribution >= 0.6 is 0 Å². The first-order chi connectivity index (χ1) is 11.5. The van der Waals surface area contributed by atoms with Gasteiger partial charge in [0.2, 0.25) is 0 Å². The lowest BCUT2D eigenvalue weighted by molar-refractivity contribution is -0.145. The molecule has 0 N–H and O–H groups in total. The third-order valence-corrected chi connectivity index (χ3v) is 3.79. The third-order valence-electron chi connectivity index (χ3n) is 3.79. The van der Waals surface area contributed by atoms with Crippen LogP contribution in [0.25, 0.3) is 0 Å². The number of hydrogen-bond acceptors (Lipinski definition) is 4. The van der Waals surface area contributed by atoms with Crippen LogP contribution in [0.4, 0.5) is 4.39 Å². The number of hydrogen-bond donors (Lipinski definition) is 0. The van der Waals surface area contributed by atoms with E-state index in [2.05, 4.69) is 0 Å². The molecular weight excluding hydrogens is 311 g/mol. The molecule has 0 radical (unpaired) electrons. The summed E-state index contributed by atoms with van der Waals surface area (Å²) < 4.78 is 28.7. The molecule has 0 aliphatic carbocycles. The molecule has 5 heteroatoms. The van der Waals surface area contributed by atoms with Crippen molar-refractivity contribution in [2.24, 2.45) is 0 Å². The maximum absolute atomic E-state index is 12.9. The molecule has 24 heavy (non-hydrogen) atoms. The van der Waals surface area contributed by atoms with Crippen molar-refractivity contribution in [2.45, 2.75) is 25.9 Å². The Kier molecular flexibility index (Phi) is 6.18. The van der Waals surface area contributed by atoms with Gasteiger partial charge in [-0.15, -0.1) is 0 Å². The standard InChI is InChI=1S/C19H21FO4/c1-13(14-4-6-16(20)7-5-14)10-19(21)24-12-15-11-17(22-2)8-9-18(15)23-3/h4-9,11,13H,10,12H2,1-3H3. The van der Waals surface area contributed by atoms with E-state index in [-0.39, 0.29) is 30.7 Å². The maximum atomic E-state index is 12.9. The van der Waals surface area contributed by atoms with Crippen LogP contribution in [0.1, 0.15) is 30.4 Å². The number of carbonyl (C=O) groups excluding carboxylic acids is 1. The van der Waals surface area contributed by atoms with Crippen molar-refractivity contribution < 1.29 is 23.4 Å². The van der Waals surface area contributed by atoms with Crippen LogP contribution in [0.5, 0.6) is 11.5 Å². The minimum Gasteiger partial charge on any atom is -0.497 e. The van der Waals surface area contributed by atoms with Crippen molar-refractivity contribution in [2.75, 3.05) is 14.2 Å². The van der Waals surface area contributed by atoms with E-state index in [1.807, 2.05) is 6.92 Å². The molecule has 4 nitrogen and oxygen atoms in total. The number of ether oxygens (including phenoxy) is 3. The number of methoxy groups -OCH3 is 2. The fraction of sp³-hybridized carbons (Fsp3) is 0.316. The zero-order valence-electron chi connectivity index (χ0n) is 14.0. The van der Waals surface area contributed by atoms with Crippen molar-refractivity contribution in [1.29, 1.82) is 0 Å². The fourth-order valence-electron chi connectivity index (χ4n) is 2.37. The Labute approximate surface area is 141 Å². The van der Waals surface area contributed by atoms with Gasteiger partial charge in [0, 0.05) is 5.56 Å². The molecule has 0 saturated carbocycles. The molecule has 0 aliphatic heterocycles. The first kappa shape index (κ1) is 17.8. The Bertz CT molecular complexity index is 682. The van der Waals surface area contributed by atoms with E-state index in [9.17, 15) is 9.18 Å². The van der Waals surface area contributed by atoms with Gasteiger partial charge in [0.05, 0.1) is 20.6 Å². The van der Waals surface area contributed by atoms with Crippen molar-refractivity contribution >= 4 is 5.97 Å². The summed E-state index contributed by atoms with van der Waals surface area (Å²) in [6, 6.07) is 11.5. The van der Waals surface area contributed by atoms with Gasteiger partial charge in [-0.05, 0) is 41.8 Å². The SMILES string of the molecule is COc1ccc(OC)c(COC(=O)CC(C)c2ccc(F)cc2)c1. The highest BCUT2D eigenvalue weighted by atomic mass is 19.1. The average molecular weight is 332 g/mol. The van der Waals surface area contributed by atoms with E-state index < -0.39 is 0 Å². The second kappa shape index (κ2) is 8.34. The van der Waals surface area contributed by atoms with Gasteiger partial charge in [-0.2, -0.15) is 0 Å². The molecule has 0 aliphatic rings. The van der Waals surface area contributed by atoms with Crippen LogP contribution < -0.4 is 9.47 Å². The molecule has 0 aromatic heterocycles. The lowest BCUT2D eigenvalue weighted by atomic mass is 9.98. The van der Waals surface area contributed by atoms with Crippen LogP contribution in [0.2, 0.25) is 0 Å². The molecular formula is C19H21FO4. The van der Waals surface area contributed by atoms with Gasteiger partial charge in [-0.1, -0.05) is 19.1 Å². The summed E-state index contributed by atoms with van der Waals surface area (Å²) in [5, 5.41) is 0. The van der Waals surface area contributed by atoms with Gasteiger partial charge in [0.25, 0.3) is 0 Å². The summed E-state index contributed by atoms with van der Waals surface area (Å²) in [5.74, 6) is 0.636. The van der Waals surface area contributed by atoms with E-state index in [4.69, 9.17) is 14.2 Å². The van der Waals surface area contributed by atoms with E-state index in [1.54, 1.807) is 44.6 Å². The quantitative estimate of drug-likeness (QED) is 0.717. The van der Waals surface area contributed by atoms with Gasteiger partial charge < -0.3 is 14.2 Å². The van der Waals surface area contributed by atoms with Gasteiger partial charge in [0.15, 0.2) is 0 Å². The van der Waals surface area contributed by atoms with E-state index in [1.165, 1.54) is 12.1 Å². The molecule has 0 amide bonds. The van der Waals surface area contributed by atoms with Crippen LogP contribution in [-0.2, 0) is 16.1 Å². The number of esters is 1. The lowest BCUT2D eigenvalue weighted by Gasteiger charge is -2.13.